The lowest BCUT2D eigenvalue weighted by molar-refractivity contribution is 0.934. The maximum absolute atomic E-state index is 5.87. The summed E-state index contributed by atoms with van der Waals surface area (Å²) in [4.78, 5) is 0. The number of fused-ring (bicyclic) bond motifs is 3. The molecule has 0 unspecified atom stereocenters. The van der Waals surface area contributed by atoms with Gasteiger partial charge in [0.25, 0.3) is 0 Å². The molecule has 2 aromatic heterocycles. The fourth-order valence-electron chi connectivity index (χ4n) is 2.33. The van der Waals surface area contributed by atoms with Gasteiger partial charge >= 0.3 is 0 Å². The van der Waals surface area contributed by atoms with Gasteiger partial charge in [0.2, 0.25) is 0 Å². The van der Waals surface area contributed by atoms with E-state index in [0.29, 0.717) is 16.5 Å². The monoisotopic (exact) mass is 322 g/mol. The number of rotatable bonds is 3. The van der Waals surface area contributed by atoms with Crippen molar-refractivity contribution in [1.82, 2.24) is 19.8 Å². The smallest absolute Gasteiger partial charge is 0.185 e. The molecule has 2 aromatic carbocycles. The van der Waals surface area contributed by atoms with Gasteiger partial charge in [0.1, 0.15) is 6.33 Å². The quantitative estimate of drug-likeness (QED) is 0.464. The van der Waals surface area contributed by atoms with Gasteiger partial charge in [0.05, 0.1) is 6.21 Å². The number of nitrogens with one attached hydrogen (secondary N) is 1. The van der Waals surface area contributed by atoms with E-state index < -0.39 is 0 Å². The second kappa shape index (κ2) is 5.66. The molecule has 0 radical (unpaired) electrons. The number of halogens is 1. The van der Waals surface area contributed by atoms with Gasteiger partial charge in [-0.1, -0.05) is 48.0 Å². The van der Waals surface area contributed by atoms with E-state index in [1.165, 1.54) is 0 Å². The highest BCUT2D eigenvalue weighted by atomic mass is 35.5. The van der Waals surface area contributed by atoms with Gasteiger partial charge in [-0.2, -0.15) is 9.62 Å². The number of anilines is 1. The van der Waals surface area contributed by atoms with E-state index in [-0.39, 0.29) is 0 Å². The van der Waals surface area contributed by atoms with Crippen molar-refractivity contribution in [3.05, 3.63) is 65.4 Å². The highest BCUT2D eigenvalue weighted by Gasteiger charge is 2.08. The molecule has 4 aromatic rings. The lowest BCUT2D eigenvalue weighted by atomic mass is 10.2. The van der Waals surface area contributed by atoms with Gasteiger partial charge in [0, 0.05) is 15.8 Å². The van der Waals surface area contributed by atoms with Crippen LogP contribution >= 0.6 is 11.6 Å². The van der Waals surface area contributed by atoms with Crippen molar-refractivity contribution in [2.45, 2.75) is 0 Å². The number of nitrogens with zero attached hydrogens (tertiary/aromatic N) is 5. The molecule has 0 saturated carbocycles. The van der Waals surface area contributed by atoms with Gasteiger partial charge < -0.3 is 0 Å². The van der Waals surface area contributed by atoms with Gasteiger partial charge in [-0.15, -0.1) is 15.3 Å². The molecule has 7 heteroatoms. The molecule has 1 N–H and O–H groups in total. The largest absolute Gasteiger partial charge is 0.259 e. The number of aromatic nitrogens is 4. The van der Waals surface area contributed by atoms with E-state index >= 15 is 0 Å². The third kappa shape index (κ3) is 2.60. The van der Waals surface area contributed by atoms with Crippen LogP contribution in [0, 0.1) is 0 Å². The minimum atomic E-state index is 0.637. The van der Waals surface area contributed by atoms with Crippen LogP contribution in [-0.4, -0.2) is 26.0 Å². The standard InChI is InChI=1S/C16H11ClN6/c17-12-7-5-11(6-8-12)9-18-20-15-13-3-1-2-4-14(13)16-21-19-10-23(16)22-15/h1-10H,(H,20,22)/b18-9-. The lowest BCUT2D eigenvalue weighted by Gasteiger charge is -2.05. The molecule has 4 rings (SSSR count). The molecule has 23 heavy (non-hydrogen) atoms. The van der Waals surface area contributed by atoms with Crippen LogP contribution in [-0.2, 0) is 0 Å². The molecule has 0 bridgehead atoms. The minimum Gasteiger partial charge on any atom is -0.259 e. The topological polar surface area (TPSA) is 67.5 Å². The predicted octanol–water partition coefficient (Wildman–Crippen LogP) is 3.38. The second-order valence-corrected chi connectivity index (χ2v) is 5.35. The maximum atomic E-state index is 5.87. The zero-order chi connectivity index (χ0) is 15.6. The normalized spacial score (nSPS) is 11.5. The number of hydrogen-bond donors (Lipinski definition) is 1. The van der Waals surface area contributed by atoms with E-state index in [0.717, 1.165) is 16.3 Å². The van der Waals surface area contributed by atoms with Crippen LogP contribution in [0.15, 0.2) is 60.0 Å². The van der Waals surface area contributed by atoms with Gasteiger partial charge in [-0.25, -0.2) is 0 Å². The third-order valence-corrected chi connectivity index (χ3v) is 3.67. The first kappa shape index (κ1) is 13.7. The Bertz CT molecular complexity index is 1010. The van der Waals surface area contributed by atoms with Gasteiger partial charge in [0.15, 0.2) is 11.5 Å². The molecule has 0 atom stereocenters. The minimum absolute atomic E-state index is 0.637. The first-order chi connectivity index (χ1) is 11.3. The summed E-state index contributed by atoms with van der Waals surface area (Å²) in [5.41, 5.74) is 4.64. The van der Waals surface area contributed by atoms with E-state index in [2.05, 4.69) is 25.8 Å². The molecule has 0 fully saturated rings. The Labute approximate surface area is 136 Å². The molecule has 0 aliphatic carbocycles. The fourth-order valence-corrected chi connectivity index (χ4v) is 2.45. The average Bonchev–Trinajstić information content (AvgIpc) is 3.05. The summed E-state index contributed by atoms with van der Waals surface area (Å²) in [6, 6.07) is 15.3. The van der Waals surface area contributed by atoms with Crippen LogP contribution in [0.4, 0.5) is 5.82 Å². The average molecular weight is 323 g/mol. The molecular formula is C16H11ClN6. The zero-order valence-corrected chi connectivity index (χ0v) is 12.6. The highest BCUT2D eigenvalue weighted by Crippen LogP contribution is 2.23. The third-order valence-electron chi connectivity index (χ3n) is 3.42. The molecule has 0 amide bonds. The summed E-state index contributed by atoms with van der Waals surface area (Å²) < 4.78 is 1.63. The van der Waals surface area contributed by atoms with Gasteiger partial charge in [-0.05, 0) is 17.7 Å². The number of hydrazone groups is 1. The van der Waals surface area contributed by atoms with Crippen molar-refractivity contribution in [3.8, 4) is 0 Å². The Balaban J connectivity index is 1.71. The molecule has 0 saturated heterocycles. The summed E-state index contributed by atoms with van der Waals surface area (Å²) in [7, 11) is 0. The van der Waals surface area contributed by atoms with Crippen LogP contribution in [0.2, 0.25) is 5.02 Å². The molecule has 0 aliphatic heterocycles. The van der Waals surface area contributed by atoms with Crippen molar-refractivity contribution >= 4 is 40.1 Å². The SMILES string of the molecule is Clc1ccc(/C=N\Nc2nn3cnnc3c3ccccc23)cc1. The fraction of sp³-hybridized carbons (Fsp3) is 0. The Morgan fingerprint density at radius 3 is 2.65 bits per heavy atom. The summed E-state index contributed by atoms with van der Waals surface area (Å²) in [5, 5.41) is 19.3. The Morgan fingerprint density at radius 1 is 1.04 bits per heavy atom. The van der Waals surface area contributed by atoms with E-state index in [1.54, 1.807) is 17.1 Å². The Morgan fingerprint density at radius 2 is 1.83 bits per heavy atom. The Kier molecular flexibility index (Phi) is 3.36. The highest BCUT2D eigenvalue weighted by molar-refractivity contribution is 6.30. The van der Waals surface area contributed by atoms with Crippen molar-refractivity contribution in [2.75, 3.05) is 5.43 Å². The summed E-state index contributed by atoms with van der Waals surface area (Å²) in [5.74, 6) is 0.637. The van der Waals surface area contributed by atoms with E-state index in [4.69, 9.17) is 11.6 Å². The molecule has 0 spiro atoms. The van der Waals surface area contributed by atoms with Crippen LogP contribution in [0.3, 0.4) is 0 Å². The summed E-state index contributed by atoms with van der Waals surface area (Å²) in [6.07, 6.45) is 3.28. The van der Waals surface area contributed by atoms with E-state index in [1.807, 2.05) is 48.5 Å². The van der Waals surface area contributed by atoms with E-state index in [9.17, 15) is 0 Å². The van der Waals surface area contributed by atoms with Gasteiger partial charge in [-0.3, -0.25) is 5.43 Å². The molecule has 112 valence electrons. The molecular weight excluding hydrogens is 312 g/mol. The summed E-state index contributed by atoms with van der Waals surface area (Å²) in [6.45, 7) is 0. The van der Waals surface area contributed by atoms with Crippen molar-refractivity contribution < 1.29 is 0 Å². The first-order valence-corrected chi connectivity index (χ1v) is 7.32. The van der Waals surface area contributed by atoms with Crippen molar-refractivity contribution in [3.63, 3.8) is 0 Å². The Hall–Kier alpha value is -2.99. The summed E-state index contributed by atoms with van der Waals surface area (Å²) >= 11 is 5.87. The van der Waals surface area contributed by atoms with Crippen LogP contribution < -0.4 is 5.43 Å². The number of benzene rings is 2. The first-order valence-electron chi connectivity index (χ1n) is 6.95. The number of hydrogen-bond acceptors (Lipinski definition) is 5. The maximum Gasteiger partial charge on any atom is 0.185 e. The van der Waals surface area contributed by atoms with Crippen LogP contribution in [0.1, 0.15) is 5.56 Å². The second-order valence-electron chi connectivity index (χ2n) is 4.91. The zero-order valence-electron chi connectivity index (χ0n) is 11.9. The molecule has 0 aliphatic rings. The van der Waals surface area contributed by atoms with Crippen molar-refractivity contribution in [2.24, 2.45) is 5.10 Å². The van der Waals surface area contributed by atoms with Crippen LogP contribution in [0.25, 0.3) is 16.4 Å². The van der Waals surface area contributed by atoms with Crippen molar-refractivity contribution in [1.29, 1.82) is 0 Å². The molecule has 6 nitrogen and oxygen atoms in total. The van der Waals surface area contributed by atoms with Crippen LogP contribution in [0.5, 0.6) is 0 Å². The predicted molar refractivity (Wildman–Crippen MR) is 91.0 cm³/mol. The molecule has 2 heterocycles. The lowest BCUT2D eigenvalue weighted by Crippen LogP contribution is -2.00.